The number of carboxylic acids is 1. The molecule has 1 N–H and O–H groups in total. The zero-order chi connectivity index (χ0) is 13.7. The molecule has 5 rings (SSSR count). The minimum atomic E-state index is -0.732. The molecule has 0 amide bonds. The van der Waals surface area contributed by atoms with E-state index in [2.05, 4.69) is 5.10 Å². The van der Waals surface area contributed by atoms with Gasteiger partial charge in [0.2, 0.25) is 0 Å². The van der Waals surface area contributed by atoms with E-state index in [1.165, 1.54) is 38.5 Å². The van der Waals surface area contributed by atoms with Crippen molar-refractivity contribution >= 4 is 5.97 Å². The smallest absolute Gasteiger partial charge is 0.328 e. The number of nitrogens with zero attached hydrogens (tertiary/aromatic N) is 2. The van der Waals surface area contributed by atoms with Crippen LogP contribution in [0.4, 0.5) is 0 Å². The predicted molar refractivity (Wildman–Crippen MR) is 74.1 cm³/mol. The Morgan fingerprint density at radius 1 is 1.25 bits per heavy atom. The van der Waals surface area contributed by atoms with Gasteiger partial charge in [0, 0.05) is 12.4 Å². The fourth-order valence-electron chi connectivity index (χ4n) is 5.71. The first-order valence-corrected chi connectivity index (χ1v) is 7.85. The van der Waals surface area contributed by atoms with Gasteiger partial charge < -0.3 is 5.11 Å². The standard InChI is InChI=1S/C16H22N2O2/c19-15(20)14(18-3-1-2-17-18)10-16-7-11-4-12(8-16)6-13(5-11)9-16/h1-3,11-14H,4-10H2,(H,19,20). The van der Waals surface area contributed by atoms with E-state index in [1.807, 2.05) is 6.07 Å². The molecule has 1 heterocycles. The Balaban J connectivity index is 1.59. The summed E-state index contributed by atoms with van der Waals surface area (Å²) in [6.45, 7) is 0. The molecule has 0 aliphatic heterocycles. The van der Waals surface area contributed by atoms with E-state index in [-0.39, 0.29) is 5.41 Å². The van der Waals surface area contributed by atoms with Crippen LogP contribution in [0.2, 0.25) is 0 Å². The van der Waals surface area contributed by atoms with Crippen LogP contribution in [0.3, 0.4) is 0 Å². The molecule has 1 aromatic heterocycles. The molecule has 108 valence electrons. The topological polar surface area (TPSA) is 55.1 Å². The van der Waals surface area contributed by atoms with Crippen molar-refractivity contribution < 1.29 is 9.90 Å². The molecule has 20 heavy (non-hydrogen) atoms. The summed E-state index contributed by atoms with van der Waals surface area (Å²) in [7, 11) is 0. The van der Waals surface area contributed by atoms with Gasteiger partial charge in [-0.25, -0.2) is 4.79 Å². The van der Waals surface area contributed by atoms with Gasteiger partial charge in [-0.3, -0.25) is 4.68 Å². The maximum absolute atomic E-state index is 11.7. The Morgan fingerprint density at radius 3 is 2.30 bits per heavy atom. The SMILES string of the molecule is O=C(O)C(CC12CC3CC(CC(C3)C1)C2)n1cccn1. The van der Waals surface area contributed by atoms with Crippen molar-refractivity contribution in [3.8, 4) is 0 Å². The molecule has 1 unspecified atom stereocenters. The molecule has 4 nitrogen and oxygen atoms in total. The monoisotopic (exact) mass is 274 g/mol. The van der Waals surface area contributed by atoms with Crippen LogP contribution in [0.1, 0.15) is 51.0 Å². The molecule has 0 radical (unpaired) electrons. The van der Waals surface area contributed by atoms with Crippen molar-refractivity contribution in [3.05, 3.63) is 18.5 Å². The zero-order valence-corrected chi connectivity index (χ0v) is 11.7. The fraction of sp³-hybridized carbons (Fsp3) is 0.750. The number of rotatable bonds is 4. The Bertz CT molecular complexity index is 473. The minimum Gasteiger partial charge on any atom is -0.480 e. The molecular weight excluding hydrogens is 252 g/mol. The lowest BCUT2D eigenvalue weighted by atomic mass is 9.48. The van der Waals surface area contributed by atoms with E-state index >= 15 is 0 Å². The van der Waals surface area contributed by atoms with E-state index < -0.39 is 12.0 Å². The quantitative estimate of drug-likeness (QED) is 0.917. The number of hydrogen-bond donors (Lipinski definition) is 1. The summed E-state index contributed by atoms with van der Waals surface area (Å²) in [5.74, 6) is 1.87. The van der Waals surface area contributed by atoms with Gasteiger partial charge in [0.05, 0.1) is 0 Å². The third-order valence-electron chi connectivity index (χ3n) is 5.92. The average Bonchev–Trinajstić information content (AvgIpc) is 2.87. The van der Waals surface area contributed by atoms with Crippen molar-refractivity contribution in [2.75, 3.05) is 0 Å². The summed E-state index contributed by atoms with van der Waals surface area (Å²) >= 11 is 0. The summed E-state index contributed by atoms with van der Waals surface area (Å²) in [5.41, 5.74) is 0.282. The third-order valence-corrected chi connectivity index (χ3v) is 5.92. The van der Waals surface area contributed by atoms with Crippen LogP contribution in [0.25, 0.3) is 0 Å². The number of carboxylic acid groups (broad SMARTS) is 1. The number of aromatic nitrogens is 2. The van der Waals surface area contributed by atoms with E-state index in [0.717, 1.165) is 24.2 Å². The molecule has 0 spiro atoms. The van der Waals surface area contributed by atoms with E-state index in [0.29, 0.717) is 0 Å². The second kappa shape index (κ2) is 4.34. The molecule has 4 aliphatic rings. The van der Waals surface area contributed by atoms with Crippen LogP contribution in [0, 0.1) is 23.2 Å². The van der Waals surface area contributed by atoms with Crippen LogP contribution < -0.4 is 0 Å². The summed E-state index contributed by atoms with van der Waals surface area (Å²) < 4.78 is 1.64. The summed E-state index contributed by atoms with van der Waals surface area (Å²) in [6.07, 6.45) is 12.2. The highest BCUT2D eigenvalue weighted by Crippen LogP contribution is 2.62. The highest BCUT2D eigenvalue weighted by molar-refractivity contribution is 5.71. The lowest BCUT2D eigenvalue weighted by Gasteiger charge is -2.57. The van der Waals surface area contributed by atoms with Gasteiger partial charge in [-0.05, 0) is 74.2 Å². The average molecular weight is 274 g/mol. The molecule has 4 aliphatic carbocycles. The lowest BCUT2D eigenvalue weighted by molar-refractivity contribution is -0.145. The van der Waals surface area contributed by atoms with E-state index in [1.54, 1.807) is 17.1 Å². The van der Waals surface area contributed by atoms with Crippen molar-refractivity contribution in [3.63, 3.8) is 0 Å². The van der Waals surface area contributed by atoms with Crippen LogP contribution in [0.15, 0.2) is 18.5 Å². The molecule has 0 aromatic carbocycles. The van der Waals surface area contributed by atoms with Crippen LogP contribution in [0.5, 0.6) is 0 Å². The number of aliphatic carboxylic acids is 1. The maximum atomic E-state index is 11.7. The second-order valence-corrected chi connectivity index (χ2v) is 7.46. The van der Waals surface area contributed by atoms with Crippen LogP contribution in [-0.4, -0.2) is 20.9 Å². The Labute approximate surface area is 119 Å². The van der Waals surface area contributed by atoms with Crippen LogP contribution in [-0.2, 0) is 4.79 Å². The lowest BCUT2D eigenvalue weighted by Crippen LogP contribution is -2.47. The highest BCUT2D eigenvalue weighted by atomic mass is 16.4. The molecule has 0 saturated heterocycles. The van der Waals surface area contributed by atoms with Crippen molar-refractivity contribution in [2.24, 2.45) is 23.2 Å². The maximum Gasteiger partial charge on any atom is 0.328 e. The van der Waals surface area contributed by atoms with Gasteiger partial charge in [0.15, 0.2) is 0 Å². The summed E-state index contributed by atoms with van der Waals surface area (Å²) in [6, 6.07) is 1.33. The van der Waals surface area contributed by atoms with Crippen molar-refractivity contribution in [2.45, 2.75) is 51.0 Å². The Kier molecular flexibility index (Phi) is 2.69. The van der Waals surface area contributed by atoms with Gasteiger partial charge >= 0.3 is 5.97 Å². The van der Waals surface area contributed by atoms with Gasteiger partial charge in [0.25, 0.3) is 0 Å². The Morgan fingerprint density at radius 2 is 1.85 bits per heavy atom. The van der Waals surface area contributed by atoms with Gasteiger partial charge in [-0.1, -0.05) is 0 Å². The third kappa shape index (κ3) is 1.97. The summed E-state index contributed by atoms with van der Waals surface area (Å²) in [5, 5.41) is 13.8. The number of hydrogen-bond acceptors (Lipinski definition) is 2. The minimum absolute atomic E-state index is 0.282. The highest BCUT2D eigenvalue weighted by Gasteiger charge is 2.52. The molecule has 4 heteroatoms. The summed E-state index contributed by atoms with van der Waals surface area (Å²) in [4.78, 5) is 11.7. The molecule has 4 bridgehead atoms. The van der Waals surface area contributed by atoms with Crippen molar-refractivity contribution in [1.82, 2.24) is 9.78 Å². The van der Waals surface area contributed by atoms with Gasteiger partial charge in [-0.15, -0.1) is 0 Å². The fourth-order valence-corrected chi connectivity index (χ4v) is 5.71. The molecular formula is C16H22N2O2. The van der Waals surface area contributed by atoms with E-state index in [4.69, 9.17) is 0 Å². The normalized spacial score (nSPS) is 39.9. The van der Waals surface area contributed by atoms with Crippen LogP contribution >= 0.6 is 0 Å². The van der Waals surface area contributed by atoms with Gasteiger partial charge in [0.1, 0.15) is 6.04 Å². The molecule has 1 atom stereocenters. The molecule has 4 fully saturated rings. The first-order valence-electron chi connectivity index (χ1n) is 7.85. The Hall–Kier alpha value is -1.32. The first kappa shape index (κ1) is 12.4. The first-order chi connectivity index (χ1) is 9.63. The largest absolute Gasteiger partial charge is 0.480 e. The number of carbonyl (C=O) groups is 1. The van der Waals surface area contributed by atoms with Crippen molar-refractivity contribution in [1.29, 1.82) is 0 Å². The van der Waals surface area contributed by atoms with E-state index in [9.17, 15) is 9.90 Å². The molecule has 1 aromatic rings. The predicted octanol–water partition coefficient (Wildman–Crippen LogP) is 3.12. The second-order valence-electron chi connectivity index (χ2n) is 7.46. The zero-order valence-electron chi connectivity index (χ0n) is 11.7. The molecule has 4 saturated carbocycles. The van der Waals surface area contributed by atoms with Gasteiger partial charge in [-0.2, -0.15) is 5.10 Å².